The molecule has 0 spiro atoms. The Morgan fingerprint density at radius 3 is 2.90 bits per heavy atom. The molecule has 7 heteroatoms. The molecular formula is C23H22N2O4S. The topological polar surface area (TPSA) is 60.9 Å². The third-order valence-corrected chi connectivity index (χ3v) is 5.42. The van der Waals surface area contributed by atoms with Crippen molar-refractivity contribution < 1.29 is 19.0 Å². The number of ether oxygens (including phenoxy) is 3. The molecule has 0 atom stereocenters. The van der Waals surface area contributed by atoms with Gasteiger partial charge in [-0.2, -0.15) is 0 Å². The first kappa shape index (κ1) is 20.0. The third-order valence-electron chi connectivity index (χ3n) is 4.60. The molecular weight excluding hydrogens is 400 g/mol. The van der Waals surface area contributed by atoms with Gasteiger partial charge in [0.05, 0.1) is 10.7 Å². The zero-order valence-electron chi connectivity index (χ0n) is 16.8. The molecule has 1 amide bonds. The smallest absolute Gasteiger partial charge is 0.246 e. The number of carbonyl (C=O) groups is 1. The lowest BCUT2D eigenvalue weighted by molar-refractivity contribution is -0.125. The number of fused-ring (bicyclic) bond motifs is 1. The van der Waals surface area contributed by atoms with Gasteiger partial charge in [-0.3, -0.25) is 4.79 Å². The van der Waals surface area contributed by atoms with Crippen molar-refractivity contribution in [1.29, 1.82) is 0 Å². The van der Waals surface area contributed by atoms with Crippen LogP contribution in [0.25, 0.3) is 6.08 Å². The number of benzene rings is 2. The molecule has 0 aliphatic carbocycles. The molecule has 1 aromatic heterocycles. The van der Waals surface area contributed by atoms with Crippen LogP contribution in [0.3, 0.4) is 0 Å². The zero-order valence-corrected chi connectivity index (χ0v) is 17.6. The summed E-state index contributed by atoms with van der Waals surface area (Å²) in [6, 6.07) is 13.3. The number of aromatic nitrogens is 1. The summed E-state index contributed by atoms with van der Waals surface area (Å²) in [4.78, 5) is 18.6. The van der Waals surface area contributed by atoms with Gasteiger partial charge in [-0.05, 0) is 36.8 Å². The fourth-order valence-electron chi connectivity index (χ4n) is 3.06. The second-order valence-electron chi connectivity index (χ2n) is 6.90. The summed E-state index contributed by atoms with van der Waals surface area (Å²) in [5.74, 6) is 2.06. The Morgan fingerprint density at radius 1 is 1.23 bits per heavy atom. The van der Waals surface area contributed by atoms with Gasteiger partial charge < -0.3 is 19.1 Å². The van der Waals surface area contributed by atoms with E-state index in [1.165, 1.54) is 0 Å². The minimum atomic E-state index is -0.0994. The Bertz CT molecular complexity index is 1080. The van der Waals surface area contributed by atoms with Crippen LogP contribution in [0.1, 0.15) is 21.8 Å². The van der Waals surface area contributed by atoms with Crippen LogP contribution in [-0.4, -0.2) is 29.6 Å². The first-order chi connectivity index (χ1) is 14.6. The second kappa shape index (κ2) is 9.00. The first-order valence-corrected chi connectivity index (χ1v) is 10.4. The summed E-state index contributed by atoms with van der Waals surface area (Å²) in [6.45, 7) is 3.07. The predicted molar refractivity (Wildman–Crippen MR) is 116 cm³/mol. The summed E-state index contributed by atoms with van der Waals surface area (Å²) in [5.41, 5.74) is 2.72. The van der Waals surface area contributed by atoms with Gasteiger partial charge in [-0.25, -0.2) is 4.98 Å². The third kappa shape index (κ3) is 4.80. The van der Waals surface area contributed by atoms with E-state index in [9.17, 15) is 4.79 Å². The summed E-state index contributed by atoms with van der Waals surface area (Å²) < 4.78 is 16.6. The largest absolute Gasteiger partial charge is 0.487 e. The highest BCUT2D eigenvalue weighted by Crippen LogP contribution is 2.32. The van der Waals surface area contributed by atoms with E-state index in [-0.39, 0.29) is 12.7 Å². The van der Waals surface area contributed by atoms with E-state index in [2.05, 4.69) is 4.98 Å². The van der Waals surface area contributed by atoms with Crippen molar-refractivity contribution in [2.45, 2.75) is 20.1 Å². The number of hydrogen-bond acceptors (Lipinski definition) is 6. The van der Waals surface area contributed by atoms with Gasteiger partial charge in [0, 0.05) is 30.6 Å². The monoisotopic (exact) mass is 422 g/mol. The van der Waals surface area contributed by atoms with E-state index in [1.807, 2.05) is 54.8 Å². The number of carbonyl (C=O) groups excluding carboxylic acids is 1. The lowest BCUT2D eigenvalue weighted by Gasteiger charge is -2.15. The Hall–Kier alpha value is -3.32. The van der Waals surface area contributed by atoms with Crippen LogP contribution in [0.15, 0.2) is 53.9 Å². The van der Waals surface area contributed by atoms with Gasteiger partial charge in [0.2, 0.25) is 12.7 Å². The minimum Gasteiger partial charge on any atom is -0.487 e. The van der Waals surface area contributed by atoms with Gasteiger partial charge >= 0.3 is 0 Å². The van der Waals surface area contributed by atoms with Crippen LogP contribution >= 0.6 is 11.3 Å². The number of amides is 1. The fourth-order valence-corrected chi connectivity index (χ4v) is 3.65. The molecule has 1 aliphatic rings. The normalized spacial score (nSPS) is 12.3. The number of rotatable bonds is 7. The quantitative estimate of drug-likeness (QED) is 0.527. The molecule has 154 valence electrons. The van der Waals surface area contributed by atoms with E-state index in [4.69, 9.17) is 14.2 Å². The first-order valence-electron chi connectivity index (χ1n) is 9.53. The Balaban J connectivity index is 1.38. The Morgan fingerprint density at radius 2 is 2.07 bits per heavy atom. The molecule has 3 aromatic rings. The maximum atomic E-state index is 12.6. The van der Waals surface area contributed by atoms with Gasteiger partial charge in [0.25, 0.3) is 0 Å². The fraction of sp³-hybridized carbons (Fsp3) is 0.217. The SMILES string of the molecule is Cc1nc(COc2ccccc2/C=C/C(=O)N(C)Cc2ccc3c(c2)OCO3)cs1. The van der Waals surface area contributed by atoms with Gasteiger partial charge in [0.1, 0.15) is 12.4 Å². The van der Waals surface area contributed by atoms with E-state index < -0.39 is 0 Å². The van der Waals surface area contributed by atoms with Crippen molar-refractivity contribution in [2.75, 3.05) is 13.8 Å². The zero-order chi connectivity index (χ0) is 20.9. The molecule has 0 saturated carbocycles. The van der Waals surface area contributed by atoms with Crippen molar-refractivity contribution >= 4 is 23.3 Å². The summed E-state index contributed by atoms with van der Waals surface area (Å²) in [7, 11) is 1.77. The highest BCUT2D eigenvalue weighted by Gasteiger charge is 2.14. The highest BCUT2D eigenvalue weighted by molar-refractivity contribution is 7.09. The van der Waals surface area contributed by atoms with Gasteiger partial charge in [-0.15, -0.1) is 11.3 Å². The standard InChI is InChI=1S/C23H22N2O4S/c1-16-24-19(14-30-16)13-27-20-6-4-3-5-18(20)8-10-23(26)25(2)12-17-7-9-21-22(11-17)29-15-28-21/h3-11,14H,12-13,15H2,1-2H3/b10-8+. The van der Waals surface area contributed by atoms with Crippen LogP contribution in [0, 0.1) is 6.92 Å². The lowest BCUT2D eigenvalue weighted by Crippen LogP contribution is -2.24. The number of aryl methyl sites for hydroxylation is 1. The molecule has 0 saturated heterocycles. The predicted octanol–water partition coefficient (Wildman–Crippen LogP) is 4.43. The van der Waals surface area contributed by atoms with E-state index in [0.717, 1.165) is 27.6 Å². The minimum absolute atomic E-state index is 0.0994. The molecule has 0 radical (unpaired) electrons. The van der Waals surface area contributed by atoms with Crippen molar-refractivity contribution in [3.8, 4) is 17.2 Å². The number of hydrogen-bond donors (Lipinski definition) is 0. The van der Waals surface area contributed by atoms with Crippen molar-refractivity contribution in [1.82, 2.24) is 9.88 Å². The maximum Gasteiger partial charge on any atom is 0.246 e. The molecule has 2 heterocycles. The Labute approximate surface area is 179 Å². The average Bonchev–Trinajstić information content (AvgIpc) is 3.39. The van der Waals surface area contributed by atoms with E-state index in [0.29, 0.717) is 24.7 Å². The average molecular weight is 423 g/mol. The highest BCUT2D eigenvalue weighted by atomic mass is 32.1. The molecule has 0 fully saturated rings. The van der Waals surface area contributed by atoms with Crippen LogP contribution < -0.4 is 14.2 Å². The van der Waals surface area contributed by atoms with Crippen LogP contribution in [0.2, 0.25) is 0 Å². The molecule has 1 aliphatic heterocycles. The lowest BCUT2D eigenvalue weighted by atomic mass is 10.1. The molecule has 0 unspecified atom stereocenters. The molecule has 2 aromatic carbocycles. The molecule has 4 rings (SSSR count). The van der Waals surface area contributed by atoms with Crippen molar-refractivity contribution in [3.63, 3.8) is 0 Å². The summed E-state index contributed by atoms with van der Waals surface area (Å²) >= 11 is 1.60. The van der Waals surface area contributed by atoms with Crippen LogP contribution in [0.5, 0.6) is 17.2 Å². The summed E-state index contributed by atoms with van der Waals surface area (Å²) in [5, 5.41) is 3.00. The Kier molecular flexibility index (Phi) is 5.99. The van der Waals surface area contributed by atoms with Crippen molar-refractivity contribution in [2.24, 2.45) is 0 Å². The number of nitrogens with zero attached hydrogens (tertiary/aromatic N) is 2. The molecule has 0 bridgehead atoms. The molecule has 0 N–H and O–H groups in total. The van der Waals surface area contributed by atoms with E-state index >= 15 is 0 Å². The summed E-state index contributed by atoms with van der Waals surface area (Å²) in [6.07, 6.45) is 3.34. The van der Waals surface area contributed by atoms with Crippen LogP contribution in [0.4, 0.5) is 0 Å². The maximum absolute atomic E-state index is 12.6. The second-order valence-corrected chi connectivity index (χ2v) is 7.96. The van der Waals surface area contributed by atoms with Gasteiger partial charge in [0.15, 0.2) is 11.5 Å². The van der Waals surface area contributed by atoms with Gasteiger partial charge in [-0.1, -0.05) is 24.3 Å². The van der Waals surface area contributed by atoms with Crippen LogP contribution in [-0.2, 0) is 17.9 Å². The van der Waals surface area contributed by atoms with Crippen molar-refractivity contribution in [3.05, 3.63) is 75.7 Å². The molecule has 30 heavy (non-hydrogen) atoms. The number of likely N-dealkylation sites (N-methyl/N-ethyl adjacent to an activating group) is 1. The van der Waals surface area contributed by atoms with E-state index in [1.54, 1.807) is 35.4 Å². The molecule has 6 nitrogen and oxygen atoms in total. The number of para-hydroxylation sites is 1. The number of thiazole rings is 1.